The smallest absolute Gasteiger partial charge is 0.406 e. The molecule has 0 bridgehead atoms. The molecule has 30 heavy (non-hydrogen) atoms. The molecule has 1 fully saturated rings. The Labute approximate surface area is 177 Å². The van der Waals surface area contributed by atoms with Gasteiger partial charge in [0.05, 0.1) is 5.69 Å². The topological polar surface area (TPSA) is 42.3 Å². The van der Waals surface area contributed by atoms with Crippen LogP contribution in [0.4, 0.5) is 13.2 Å². The predicted octanol–water partition coefficient (Wildman–Crippen LogP) is 4.64. The van der Waals surface area contributed by atoms with Crippen LogP contribution >= 0.6 is 11.9 Å². The number of likely N-dealkylation sites (tertiary alicyclic amines) is 1. The molecule has 1 aliphatic heterocycles. The fraction of sp³-hybridized carbons (Fsp3) is 0.286. The van der Waals surface area contributed by atoms with Crippen molar-refractivity contribution in [1.82, 2.24) is 19.4 Å². The molecule has 2 aromatic carbocycles. The van der Waals surface area contributed by atoms with Gasteiger partial charge in [-0.3, -0.25) is 9.62 Å². The van der Waals surface area contributed by atoms with Crippen molar-refractivity contribution in [3.8, 4) is 11.4 Å². The van der Waals surface area contributed by atoms with Crippen LogP contribution in [0.25, 0.3) is 5.69 Å². The number of nitrogens with zero attached hydrogens (tertiary/aromatic N) is 3. The standard InChI is InChI=1S/C21H21F3N4OS/c22-21(23,24)29-19-3-1-4-20(13-19)30-26-17-9-12-27(15-17)14-16-5-7-18(8-6-16)28-11-2-10-25-28/h1-8,10-11,13,17,26H,9,12,14-15H2. The van der Waals surface area contributed by atoms with Gasteiger partial charge in [0.25, 0.3) is 0 Å². The van der Waals surface area contributed by atoms with Gasteiger partial charge in [-0.1, -0.05) is 18.2 Å². The maximum atomic E-state index is 12.4. The second-order valence-electron chi connectivity index (χ2n) is 7.08. The van der Waals surface area contributed by atoms with Crippen LogP contribution in [0.15, 0.2) is 71.9 Å². The number of hydrogen-bond acceptors (Lipinski definition) is 5. The van der Waals surface area contributed by atoms with E-state index in [-0.39, 0.29) is 11.8 Å². The number of benzene rings is 2. The second kappa shape index (κ2) is 9.11. The van der Waals surface area contributed by atoms with Crippen molar-refractivity contribution in [3.05, 3.63) is 72.6 Å². The molecule has 4 rings (SSSR count). The van der Waals surface area contributed by atoms with Crippen LogP contribution in [0.3, 0.4) is 0 Å². The summed E-state index contributed by atoms with van der Waals surface area (Å²) in [6, 6.07) is 16.5. The molecule has 1 unspecified atom stereocenters. The third-order valence-corrected chi connectivity index (χ3v) is 5.71. The maximum Gasteiger partial charge on any atom is 0.573 e. The SMILES string of the molecule is FC(F)(F)Oc1cccc(SNC2CCN(Cc3ccc(-n4cccn4)cc3)C2)c1. The lowest BCUT2D eigenvalue weighted by atomic mass is 10.2. The molecule has 1 aliphatic rings. The summed E-state index contributed by atoms with van der Waals surface area (Å²) in [7, 11) is 0. The van der Waals surface area contributed by atoms with Crippen molar-refractivity contribution in [2.75, 3.05) is 13.1 Å². The van der Waals surface area contributed by atoms with Gasteiger partial charge in [0, 0.05) is 43.0 Å². The quantitative estimate of drug-likeness (QED) is 0.549. The van der Waals surface area contributed by atoms with E-state index in [0.717, 1.165) is 31.7 Å². The second-order valence-corrected chi connectivity index (χ2v) is 7.99. The van der Waals surface area contributed by atoms with Crippen molar-refractivity contribution in [1.29, 1.82) is 0 Å². The van der Waals surface area contributed by atoms with E-state index in [0.29, 0.717) is 4.90 Å². The summed E-state index contributed by atoms with van der Waals surface area (Å²) < 4.78 is 46.3. The average molecular weight is 434 g/mol. The van der Waals surface area contributed by atoms with Crippen molar-refractivity contribution in [2.45, 2.75) is 30.3 Å². The van der Waals surface area contributed by atoms with Crippen molar-refractivity contribution >= 4 is 11.9 Å². The zero-order valence-electron chi connectivity index (χ0n) is 16.0. The summed E-state index contributed by atoms with van der Waals surface area (Å²) in [5.41, 5.74) is 2.26. The van der Waals surface area contributed by atoms with Crippen LogP contribution in [0.1, 0.15) is 12.0 Å². The first kappa shape index (κ1) is 20.8. The molecule has 0 saturated carbocycles. The molecule has 1 aromatic heterocycles. The molecule has 1 atom stereocenters. The highest BCUT2D eigenvalue weighted by Crippen LogP contribution is 2.27. The van der Waals surface area contributed by atoms with Gasteiger partial charge in [0.2, 0.25) is 0 Å². The van der Waals surface area contributed by atoms with E-state index in [1.54, 1.807) is 18.3 Å². The van der Waals surface area contributed by atoms with Crippen LogP contribution in [0.2, 0.25) is 0 Å². The van der Waals surface area contributed by atoms with Crippen molar-refractivity contribution in [2.24, 2.45) is 0 Å². The summed E-state index contributed by atoms with van der Waals surface area (Å²) in [6.45, 7) is 2.71. The Kier molecular flexibility index (Phi) is 6.31. The first-order valence-corrected chi connectivity index (χ1v) is 10.4. The Morgan fingerprint density at radius 3 is 2.70 bits per heavy atom. The highest BCUT2D eigenvalue weighted by molar-refractivity contribution is 7.97. The van der Waals surface area contributed by atoms with E-state index >= 15 is 0 Å². The average Bonchev–Trinajstić information content (AvgIpc) is 3.38. The van der Waals surface area contributed by atoms with Gasteiger partial charge in [-0.25, -0.2) is 4.68 Å². The molecule has 1 N–H and O–H groups in total. The maximum absolute atomic E-state index is 12.4. The Hall–Kier alpha value is -2.49. The molecule has 2 heterocycles. The highest BCUT2D eigenvalue weighted by Gasteiger charge is 2.31. The summed E-state index contributed by atoms with van der Waals surface area (Å²) in [6.07, 6.45) is -0.0341. The third kappa shape index (κ3) is 5.78. The zero-order chi connectivity index (χ0) is 21.0. The molecule has 0 amide bonds. The largest absolute Gasteiger partial charge is 0.573 e. The van der Waals surface area contributed by atoms with E-state index < -0.39 is 6.36 Å². The van der Waals surface area contributed by atoms with E-state index in [1.165, 1.54) is 29.6 Å². The van der Waals surface area contributed by atoms with Gasteiger partial charge in [0.1, 0.15) is 5.75 Å². The molecule has 0 spiro atoms. The van der Waals surface area contributed by atoms with E-state index in [1.807, 2.05) is 16.9 Å². The molecule has 158 valence electrons. The van der Waals surface area contributed by atoms with Gasteiger partial charge < -0.3 is 4.74 Å². The van der Waals surface area contributed by atoms with E-state index in [9.17, 15) is 13.2 Å². The Balaban J connectivity index is 1.25. The summed E-state index contributed by atoms with van der Waals surface area (Å²) >= 11 is 1.33. The Morgan fingerprint density at radius 1 is 1.13 bits per heavy atom. The lowest BCUT2D eigenvalue weighted by Gasteiger charge is -2.17. The zero-order valence-corrected chi connectivity index (χ0v) is 16.9. The molecular weight excluding hydrogens is 413 g/mol. The van der Waals surface area contributed by atoms with Crippen LogP contribution in [-0.4, -0.2) is 40.2 Å². The Bertz CT molecular complexity index is 948. The van der Waals surface area contributed by atoms with Crippen LogP contribution < -0.4 is 9.46 Å². The molecule has 0 radical (unpaired) electrons. The number of rotatable bonds is 7. The highest BCUT2D eigenvalue weighted by atomic mass is 32.2. The monoisotopic (exact) mass is 434 g/mol. The Morgan fingerprint density at radius 2 is 1.97 bits per heavy atom. The molecule has 3 aromatic rings. The molecule has 1 saturated heterocycles. The first-order valence-electron chi connectivity index (χ1n) is 9.54. The number of halogens is 3. The summed E-state index contributed by atoms with van der Waals surface area (Å²) in [5, 5.41) is 4.23. The molecule has 5 nitrogen and oxygen atoms in total. The fourth-order valence-corrected chi connectivity index (χ4v) is 4.21. The number of alkyl halides is 3. The van der Waals surface area contributed by atoms with E-state index in [2.05, 4.69) is 43.7 Å². The molecule has 0 aliphatic carbocycles. The number of hydrogen-bond donors (Lipinski definition) is 1. The molecule has 9 heteroatoms. The number of nitrogens with one attached hydrogen (secondary N) is 1. The summed E-state index contributed by atoms with van der Waals surface area (Å²) in [5.74, 6) is -0.207. The normalized spacial score (nSPS) is 17.4. The van der Waals surface area contributed by atoms with Crippen LogP contribution in [0.5, 0.6) is 5.75 Å². The fourth-order valence-electron chi connectivity index (χ4n) is 3.39. The molecular formula is C21H21F3N4OS. The van der Waals surface area contributed by atoms with E-state index in [4.69, 9.17) is 0 Å². The minimum Gasteiger partial charge on any atom is -0.406 e. The lowest BCUT2D eigenvalue weighted by Crippen LogP contribution is -2.28. The van der Waals surface area contributed by atoms with Gasteiger partial charge in [-0.2, -0.15) is 5.10 Å². The number of aromatic nitrogens is 2. The van der Waals surface area contributed by atoms with Crippen molar-refractivity contribution < 1.29 is 17.9 Å². The summed E-state index contributed by atoms with van der Waals surface area (Å²) in [4.78, 5) is 3.05. The van der Waals surface area contributed by atoms with Gasteiger partial charge in [-0.05, 0) is 60.3 Å². The van der Waals surface area contributed by atoms with Gasteiger partial charge in [0.15, 0.2) is 0 Å². The third-order valence-electron chi connectivity index (χ3n) is 4.77. The van der Waals surface area contributed by atoms with Crippen LogP contribution in [-0.2, 0) is 6.54 Å². The minimum atomic E-state index is -4.68. The van der Waals surface area contributed by atoms with Gasteiger partial charge in [-0.15, -0.1) is 13.2 Å². The van der Waals surface area contributed by atoms with Crippen LogP contribution in [0, 0.1) is 0 Å². The number of ether oxygens (including phenoxy) is 1. The van der Waals surface area contributed by atoms with Crippen molar-refractivity contribution in [3.63, 3.8) is 0 Å². The van der Waals surface area contributed by atoms with Gasteiger partial charge >= 0.3 is 6.36 Å². The first-order chi connectivity index (χ1) is 14.4. The predicted molar refractivity (Wildman–Crippen MR) is 109 cm³/mol. The minimum absolute atomic E-state index is 0.207. The lowest BCUT2D eigenvalue weighted by molar-refractivity contribution is -0.274.